The number of nitrogens with zero attached hydrogens (tertiary/aromatic N) is 2. The number of hydrogen-bond donors (Lipinski definition) is 1. The quantitative estimate of drug-likeness (QED) is 0.610. The van der Waals surface area contributed by atoms with E-state index in [0.29, 0.717) is 30.5 Å². The molecule has 1 fully saturated rings. The van der Waals surface area contributed by atoms with Crippen LogP contribution in [-0.4, -0.2) is 32.9 Å². The molecular formula is C27H31N3O3. The molecule has 2 aromatic heterocycles. The Bertz CT molecular complexity index is 1130. The number of furan rings is 1. The zero-order valence-corrected chi connectivity index (χ0v) is 19.3. The Hall–Kier alpha value is -3.28. The van der Waals surface area contributed by atoms with Gasteiger partial charge >= 0.3 is 0 Å². The number of amides is 2. The van der Waals surface area contributed by atoms with Crippen LogP contribution < -0.4 is 5.32 Å². The van der Waals surface area contributed by atoms with E-state index in [0.717, 1.165) is 30.5 Å². The summed E-state index contributed by atoms with van der Waals surface area (Å²) < 4.78 is 7.56. The van der Waals surface area contributed by atoms with Crippen LogP contribution in [0.15, 0.2) is 65.3 Å². The standard InChI is InChI=1S/C27H31N3O3/c1-19-9-6-7-12-21(19)28-26(32)27(2)18-29-22(24-13-8-16-33-24)14-15-23(29)25(31)30(27)17-20-10-4-3-5-11-20/h3-5,8,10-11,13-16,19,21H,6-7,9,12,17-18H2,1-2H3,(H,28,32). The van der Waals surface area contributed by atoms with Crippen LogP contribution in [0.25, 0.3) is 11.5 Å². The lowest BCUT2D eigenvalue weighted by Crippen LogP contribution is -2.65. The molecule has 33 heavy (non-hydrogen) atoms. The third kappa shape index (κ3) is 3.88. The second-order valence-electron chi connectivity index (χ2n) is 9.66. The highest BCUT2D eigenvalue weighted by atomic mass is 16.3. The topological polar surface area (TPSA) is 67.5 Å². The lowest BCUT2D eigenvalue weighted by Gasteiger charge is -2.45. The Balaban J connectivity index is 1.53. The van der Waals surface area contributed by atoms with Gasteiger partial charge in [0.25, 0.3) is 5.91 Å². The third-order valence-corrected chi connectivity index (χ3v) is 7.38. The van der Waals surface area contributed by atoms with Crippen molar-refractivity contribution in [1.82, 2.24) is 14.8 Å². The van der Waals surface area contributed by atoms with Crippen molar-refractivity contribution in [2.75, 3.05) is 0 Å². The molecule has 1 aromatic carbocycles. The van der Waals surface area contributed by atoms with Crippen molar-refractivity contribution in [3.05, 3.63) is 72.1 Å². The van der Waals surface area contributed by atoms with Gasteiger partial charge in [0.2, 0.25) is 5.91 Å². The molecule has 0 spiro atoms. The molecule has 0 bridgehead atoms. The van der Waals surface area contributed by atoms with E-state index >= 15 is 0 Å². The van der Waals surface area contributed by atoms with Crippen LogP contribution in [0, 0.1) is 5.92 Å². The van der Waals surface area contributed by atoms with Crippen molar-refractivity contribution in [1.29, 1.82) is 0 Å². The summed E-state index contributed by atoms with van der Waals surface area (Å²) in [4.78, 5) is 29.4. The molecule has 6 nitrogen and oxygen atoms in total. The molecule has 6 heteroatoms. The SMILES string of the molecule is CC1CCCCC1NC(=O)C1(C)Cn2c(ccc2-c2ccco2)C(=O)N1Cc1ccccc1. The van der Waals surface area contributed by atoms with E-state index in [2.05, 4.69) is 12.2 Å². The highest BCUT2D eigenvalue weighted by molar-refractivity contribution is 6.00. The minimum atomic E-state index is -1.03. The van der Waals surface area contributed by atoms with E-state index in [9.17, 15) is 9.59 Å². The van der Waals surface area contributed by atoms with Gasteiger partial charge in [0.15, 0.2) is 0 Å². The summed E-state index contributed by atoms with van der Waals surface area (Å²) in [7, 11) is 0. The van der Waals surface area contributed by atoms with E-state index < -0.39 is 5.54 Å². The zero-order chi connectivity index (χ0) is 23.0. The lowest BCUT2D eigenvalue weighted by atomic mass is 9.85. The highest BCUT2D eigenvalue weighted by Crippen LogP contribution is 2.35. The zero-order valence-electron chi connectivity index (χ0n) is 19.3. The van der Waals surface area contributed by atoms with Gasteiger partial charge in [-0.25, -0.2) is 0 Å². The Morgan fingerprint density at radius 1 is 1.06 bits per heavy atom. The van der Waals surface area contributed by atoms with Crippen molar-refractivity contribution in [2.45, 2.75) is 64.2 Å². The molecule has 0 radical (unpaired) electrons. The third-order valence-electron chi connectivity index (χ3n) is 7.38. The molecule has 1 aliphatic carbocycles. The van der Waals surface area contributed by atoms with E-state index in [4.69, 9.17) is 4.42 Å². The summed E-state index contributed by atoms with van der Waals surface area (Å²) in [6.07, 6.45) is 6.07. The predicted octanol–water partition coefficient (Wildman–Crippen LogP) is 4.86. The molecule has 5 rings (SSSR count). The van der Waals surface area contributed by atoms with Gasteiger partial charge in [-0.3, -0.25) is 9.59 Å². The van der Waals surface area contributed by atoms with Gasteiger partial charge in [-0.05, 0) is 55.5 Å². The smallest absolute Gasteiger partial charge is 0.271 e. The molecule has 3 unspecified atom stereocenters. The fourth-order valence-electron chi connectivity index (χ4n) is 5.28. The summed E-state index contributed by atoms with van der Waals surface area (Å²) in [5.41, 5.74) is 1.36. The van der Waals surface area contributed by atoms with Crippen LogP contribution in [0.1, 0.15) is 55.6 Å². The van der Waals surface area contributed by atoms with Crippen LogP contribution in [0.4, 0.5) is 0 Å². The molecule has 1 aliphatic heterocycles. The Kier molecular flexibility index (Phi) is 5.60. The molecule has 3 aromatic rings. The minimum absolute atomic E-state index is 0.0877. The average molecular weight is 446 g/mol. The van der Waals surface area contributed by atoms with Crippen LogP contribution >= 0.6 is 0 Å². The number of hydrogen-bond acceptors (Lipinski definition) is 3. The molecule has 2 amide bonds. The predicted molar refractivity (Wildman–Crippen MR) is 126 cm³/mol. The Morgan fingerprint density at radius 3 is 2.55 bits per heavy atom. The molecule has 3 atom stereocenters. The van der Waals surface area contributed by atoms with Crippen LogP contribution in [0.2, 0.25) is 0 Å². The van der Waals surface area contributed by atoms with E-state index in [1.807, 2.05) is 66.1 Å². The van der Waals surface area contributed by atoms with E-state index in [-0.39, 0.29) is 17.9 Å². The normalized spacial score (nSPS) is 25.0. The van der Waals surface area contributed by atoms with Crippen molar-refractivity contribution in [3.8, 4) is 11.5 Å². The van der Waals surface area contributed by atoms with Gasteiger partial charge in [-0.15, -0.1) is 0 Å². The van der Waals surface area contributed by atoms with Crippen LogP contribution in [0.5, 0.6) is 0 Å². The number of fused-ring (bicyclic) bond motifs is 1. The maximum atomic E-state index is 13.9. The van der Waals surface area contributed by atoms with Gasteiger partial charge in [0.05, 0.1) is 18.5 Å². The number of benzene rings is 1. The average Bonchev–Trinajstić information content (AvgIpc) is 3.49. The maximum Gasteiger partial charge on any atom is 0.271 e. The first-order valence-electron chi connectivity index (χ1n) is 11.9. The Morgan fingerprint density at radius 2 is 1.82 bits per heavy atom. The number of nitrogens with one attached hydrogen (secondary N) is 1. The largest absolute Gasteiger partial charge is 0.463 e. The maximum absolute atomic E-state index is 13.9. The fourth-order valence-corrected chi connectivity index (χ4v) is 5.28. The molecule has 0 saturated heterocycles. The first-order valence-corrected chi connectivity index (χ1v) is 11.9. The fraction of sp³-hybridized carbons (Fsp3) is 0.407. The molecule has 2 aliphatic rings. The summed E-state index contributed by atoms with van der Waals surface area (Å²) in [6.45, 7) is 4.85. The van der Waals surface area contributed by atoms with Crippen LogP contribution in [0.3, 0.4) is 0 Å². The second-order valence-corrected chi connectivity index (χ2v) is 9.66. The lowest BCUT2D eigenvalue weighted by molar-refractivity contribution is -0.134. The number of carbonyl (C=O) groups excluding carboxylic acids is 2. The molecule has 1 saturated carbocycles. The highest BCUT2D eigenvalue weighted by Gasteiger charge is 2.48. The summed E-state index contributed by atoms with van der Waals surface area (Å²) in [5, 5.41) is 3.32. The van der Waals surface area contributed by atoms with Crippen molar-refractivity contribution >= 4 is 11.8 Å². The first-order chi connectivity index (χ1) is 16.0. The molecular weight excluding hydrogens is 414 g/mol. The second kappa shape index (κ2) is 8.58. The molecule has 3 heterocycles. The van der Waals surface area contributed by atoms with Crippen molar-refractivity contribution in [2.24, 2.45) is 5.92 Å². The summed E-state index contributed by atoms with van der Waals surface area (Å²) in [5.74, 6) is 0.899. The minimum Gasteiger partial charge on any atom is -0.463 e. The van der Waals surface area contributed by atoms with Gasteiger partial charge in [0.1, 0.15) is 17.0 Å². The summed E-state index contributed by atoms with van der Waals surface area (Å²) >= 11 is 0. The van der Waals surface area contributed by atoms with E-state index in [1.165, 1.54) is 6.42 Å². The number of carbonyl (C=O) groups is 2. The van der Waals surface area contributed by atoms with Gasteiger partial charge in [-0.1, -0.05) is 50.1 Å². The number of rotatable bonds is 5. The summed E-state index contributed by atoms with van der Waals surface area (Å²) in [6, 6.07) is 17.5. The molecule has 172 valence electrons. The molecule has 1 N–H and O–H groups in total. The van der Waals surface area contributed by atoms with E-state index in [1.54, 1.807) is 11.2 Å². The van der Waals surface area contributed by atoms with Gasteiger partial charge in [-0.2, -0.15) is 0 Å². The van der Waals surface area contributed by atoms with Crippen molar-refractivity contribution in [3.63, 3.8) is 0 Å². The van der Waals surface area contributed by atoms with Crippen LogP contribution in [-0.2, 0) is 17.9 Å². The first kappa shape index (κ1) is 21.6. The van der Waals surface area contributed by atoms with Gasteiger partial charge < -0.3 is 19.2 Å². The number of aromatic nitrogens is 1. The monoisotopic (exact) mass is 445 g/mol. The van der Waals surface area contributed by atoms with Gasteiger partial charge in [0, 0.05) is 12.6 Å². The Labute approximate surface area is 194 Å². The van der Waals surface area contributed by atoms with Crippen molar-refractivity contribution < 1.29 is 14.0 Å².